The molecule has 0 saturated heterocycles. The van der Waals surface area contributed by atoms with E-state index in [0.29, 0.717) is 6.04 Å². The fraction of sp³-hybridized carbons (Fsp3) is 0.0182. The number of fused-ring (bicyclic) bond motifs is 6. The summed E-state index contributed by atoms with van der Waals surface area (Å²) >= 11 is 0. The van der Waals surface area contributed by atoms with Crippen LogP contribution in [0, 0.1) is 0 Å². The summed E-state index contributed by atoms with van der Waals surface area (Å²) < 4.78 is 30.9. The number of hydrogen-bond acceptors (Lipinski definition) is 1. The van der Waals surface area contributed by atoms with E-state index in [0.717, 1.165) is 83.5 Å². The summed E-state index contributed by atoms with van der Waals surface area (Å²) in [6.45, 7) is 0. The molecule has 2 aromatic heterocycles. The predicted octanol–water partition coefficient (Wildman–Crippen LogP) is 15.3. The lowest BCUT2D eigenvalue weighted by atomic mass is 10.0. The Balaban J connectivity index is 0.00000445. The van der Waals surface area contributed by atoms with E-state index in [2.05, 4.69) is 178 Å². The Morgan fingerprint density at radius 3 is 1.57 bits per heavy atom. The molecule has 11 rings (SSSR count). The number of aromatic nitrogens is 2. The maximum Gasteiger partial charge on any atom is 0.0630 e. The van der Waals surface area contributed by atoms with Gasteiger partial charge in [0.2, 0.25) is 0 Å². The number of para-hydroxylation sites is 4. The van der Waals surface area contributed by atoms with E-state index in [-0.39, 0.29) is 19.5 Å². The molecule has 0 spiro atoms. The van der Waals surface area contributed by atoms with Gasteiger partial charge in [-0.1, -0.05) is 141 Å². The molecule has 0 aliphatic rings. The Labute approximate surface area is 343 Å². The first-order chi connectivity index (χ1) is 29.5. The quantitative estimate of drug-likeness (QED) is 0.158. The topological polar surface area (TPSA) is 13.1 Å². The molecule has 0 N–H and O–H groups in total. The molecule has 0 unspecified atom stereocenters. The molecular formula is C55H41N3. The van der Waals surface area contributed by atoms with E-state index < -0.39 is 0 Å². The third-order valence-electron chi connectivity index (χ3n) is 11.1. The van der Waals surface area contributed by atoms with Gasteiger partial charge in [0.15, 0.2) is 0 Å². The van der Waals surface area contributed by atoms with Crippen molar-refractivity contribution in [3.05, 3.63) is 224 Å². The Morgan fingerprint density at radius 2 is 0.810 bits per heavy atom. The van der Waals surface area contributed by atoms with Gasteiger partial charge in [-0.2, -0.15) is 0 Å². The van der Waals surface area contributed by atoms with Crippen molar-refractivity contribution in [2.45, 2.75) is 7.43 Å². The van der Waals surface area contributed by atoms with Crippen LogP contribution in [0.1, 0.15) is 11.5 Å². The van der Waals surface area contributed by atoms with Crippen LogP contribution >= 0.6 is 0 Å². The fourth-order valence-corrected chi connectivity index (χ4v) is 8.44. The average Bonchev–Trinajstić information content (AvgIpc) is 3.78. The lowest BCUT2D eigenvalue weighted by Gasteiger charge is -2.26. The molecule has 11 aromatic rings. The minimum atomic E-state index is 0. The van der Waals surface area contributed by atoms with Crippen LogP contribution in [0.2, 0.25) is 0 Å². The van der Waals surface area contributed by atoms with Gasteiger partial charge in [0.05, 0.1) is 26.2 Å². The summed E-state index contributed by atoms with van der Waals surface area (Å²) in [7, 11) is 0. The second-order valence-electron chi connectivity index (χ2n) is 14.4. The van der Waals surface area contributed by atoms with Gasteiger partial charge in [-0.05, 0) is 113 Å². The van der Waals surface area contributed by atoms with Crippen LogP contribution in [0.15, 0.2) is 224 Å². The molecule has 0 amide bonds. The summed E-state index contributed by atoms with van der Waals surface area (Å²) in [4.78, 5) is 2.29. The monoisotopic (exact) mass is 746 g/mol. The molecule has 3 heteroatoms. The number of benzene rings is 9. The molecule has 3 nitrogen and oxygen atoms in total. The molecule has 9 aromatic carbocycles. The summed E-state index contributed by atoms with van der Waals surface area (Å²) in [5.74, 6) is 0. The van der Waals surface area contributed by atoms with Crippen LogP contribution in [-0.2, 0) is 0 Å². The average molecular weight is 747 g/mol. The molecule has 58 heavy (non-hydrogen) atoms. The van der Waals surface area contributed by atoms with Gasteiger partial charge in [-0.3, -0.25) is 0 Å². The fourth-order valence-electron chi connectivity index (χ4n) is 8.44. The summed E-state index contributed by atoms with van der Waals surface area (Å²) in [5, 5.41) is 4.20. The van der Waals surface area contributed by atoms with Crippen molar-refractivity contribution in [2.75, 3.05) is 4.90 Å². The maximum atomic E-state index is 9.37. The Morgan fingerprint density at radius 1 is 0.328 bits per heavy atom. The summed E-state index contributed by atoms with van der Waals surface area (Å²) in [5.41, 5.74) is 13.2. The van der Waals surface area contributed by atoms with Crippen LogP contribution in [-0.4, -0.2) is 9.13 Å². The molecule has 0 saturated carbocycles. The van der Waals surface area contributed by atoms with Crippen LogP contribution in [0.3, 0.4) is 0 Å². The smallest absolute Gasteiger partial charge is 0.0630 e. The van der Waals surface area contributed by atoms with Gasteiger partial charge in [0.1, 0.15) is 0 Å². The highest BCUT2D eigenvalue weighted by molar-refractivity contribution is 6.12. The van der Waals surface area contributed by atoms with Crippen molar-refractivity contribution in [2.24, 2.45) is 0 Å². The van der Waals surface area contributed by atoms with Gasteiger partial charge >= 0.3 is 0 Å². The van der Waals surface area contributed by atoms with Gasteiger partial charge < -0.3 is 14.0 Å². The lowest BCUT2D eigenvalue weighted by Crippen LogP contribution is -2.09. The van der Waals surface area contributed by atoms with E-state index in [4.69, 9.17) is 2.74 Å². The molecule has 0 fully saturated rings. The molecular weight excluding hydrogens is 703 g/mol. The zero-order valence-electron chi connectivity index (χ0n) is 34.0. The maximum absolute atomic E-state index is 9.37. The van der Waals surface area contributed by atoms with Crippen molar-refractivity contribution >= 4 is 60.7 Å². The second-order valence-corrected chi connectivity index (χ2v) is 14.4. The van der Waals surface area contributed by atoms with E-state index in [1.54, 1.807) is 12.1 Å². The number of rotatable bonds is 7. The van der Waals surface area contributed by atoms with Crippen molar-refractivity contribution in [3.63, 3.8) is 0 Å². The third kappa shape index (κ3) is 5.84. The second kappa shape index (κ2) is 14.5. The van der Waals surface area contributed by atoms with Crippen molar-refractivity contribution in [1.29, 1.82) is 0 Å². The van der Waals surface area contributed by atoms with Crippen molar-refractivity contribution in [3.8, 4) is 33.6 Å². The SMILES string of the molecule is C.[2H]c1cc2c3cc(-c4ccc(N(c5ccccc5)c5ccc6c(c5)c5ccccc5n6-c5ccccc5)cc4)c([2H])cc3n(-c3ccc(-c4ccccc4)cc3)c2cc1[2H]. The molecule has 0 atom stereocenters. The highest BCUT2D eigenvalue weighted by Gasteiger charge is 2.18. The third-order valence-corrected chi connectivity index (χ3v) is 11.1. The molecule has 0 bridgehead atoms. The van der Waals surface area contributed by atoms with Crippen LogP contribution in [0.5, 0.6) is 0 Å². The minimum Gasteiger partial charge on any atom is -0.310 e. The van der Waals surface area contributed by atoms with Gasteiger partial charge in [-0.15, -0.1) is 0 Å². The van der Waals surface area contributed by atoms with Gasteiger partial charge in [0.25, 0.3) is 0 Å². The Bertz CT molecular complexity index is 3370. The van der Waals surface area contributed by atoms with E-state index in [9.17, 15) is 1.37 Å². The number of nitrogens with zero attached hydrogens (tertiary/aromatic N) is 3. The van der Waals surface area contributed by atoms with Crippen molar-refractivity contribution < 1.29 is 4.11 Å². The van der Waals surface area contributed by atoms with E-state index in [1.165, 1.54) is 10.8 Å². The minimum absolute atomic E-state index is 0. The zero-order valence-corrected chi connectivity index (χ0v) is 31.0. The van der Waals surface area contributed by atoms with Gasteiger partial charge in [0, 0.05) is 50.0 Å². The normalized spacial score (nSPS) is 12.0. The number of anilines is 3. The van der Waals surface area contributed by atoms with E-state index >= 15 is 0 Å². The molecule has 276 valence electrons. The highest BCUT2D eigenvalue weighted by atomic mass is 15.1. The van der Waals surface area contributed by atoms with Crippen molar-refractivity contribution in [1.82, 2.24) is 9.13 Å². The number of hydrogen-bond donors (Lipinski definition) is 0. The molecule has 2 heterocycles. The largest absolute Gasteiger partial charge is 0.310 e. The van der Waals surface area contributed by atoms with Crippen LogP contribution in [0.4, 0.5) is 17.1 Å². The van der Waals surface area contributed by atoms with Crippen LogP contribution < -0.4 is 4.90 Å². The molecule has 0 aliphatic carbocycles. The zero-order chi connectivity index (χ0) is 40.3. The first-order valence-corrected chi connectivity index (χ1v) is 19.3. The van der Waals surface area contributed by atoms with E-state index in [1.807, 2.05) is 30.3 Å². The predicted molar refractivity (Wildman–Crippen MR) is 247 cm³/mol. The lowest BCUT2D eigenvalue weighted by molar-refractivity contribution is 1.18. The first kappa shape index (κ1) is 31.6. The molecule has 0 radical (unpaired) electrons. The first-order valence-electron chi connectivity index (χ1n) is 20.8. The van der Waals surface area contributed by atoms with Gasteiger partial charge in [-0.25, -0.2) is 0 Å². The Hall–Kier alpha value is -7.62. The summed E-state index contributed by atoms with van der Waals surface area (Å²) in [6, 6.07) is 71.8. The molecule has 0 aliphatic heterocycles. The standard InChI is InChI=1S/C54H37N3.CH4/c1-4-14-38(15-5-1)39-24-31-45(32-25-39)57-51-22-12-10-20-47(51)49-36-41(28-34-53(49)57)40-26-29-44(30-27-40)55(42-16-6-2-7-17-42)46-33-35-54-50(37-46)48-21-11-13-23-52(48)56(54)43-18-8-3-9-19-43;/h1-37H;1H4/i10D,12D,28D;. The summed E-state index contributed by atoms with van der Waals surface area (Å²) in [6.07, 6.45) is 0. The Kier molecular flexibility index (Phi) is 7.87. The highest BCUT2D eigenvalue weighted by Crippen LogP contribution is 2.41. The van der Waals surface area contributed by atoms with Crippen LogP contribution in [0.25, 0.3) is 77.2 Å².